The zero-order valence-electron chi connectivity index (χ0n) is 11.6. The molecule has 1 N–H and O–H groups in total. The number of aliphatic hydroxyl groups excluding tert-OH is 1. The van der Waals surface area contributed by atoms with Crippen LogP contribution in [0.25, 0.3) is 0 Å². The SMILES string of the molecule is COC(=O)C(C)c1ccc(C[C@@H]2CCC[C@H]2O)cc1. The summed E-state index contributed by atoms with van der Waals surface area (Å²) >= 11 is 0. The topological polar surface area (TPSA) is 46.5 Å². The molecule has 1 aliphatic carbocycles. The van der Waals surface area contributed by atoms with E-state index in [1.807, 2.05) is 19.1 Å². The largest absolute Gasteiger partial charge is 0.469 e. The maximum Gasteiger partial charge on any atom is 0.312 e. The lowest BCUT2D eigenvalue weighted by Crippen LogP contribution is -2.15. The van der Waals surface area contributed by atoms with Crippen LogP contribution in [0, 0.1) is 5.92 Å². The van der Waals surface area contributed by atoms with Crippen LogP contribution in [0.3, 0.4) is 0 Å². The third-order valence-electron chi connectivity index (χ3n) is 4.15. The second-order valence-electron chi connectivity index (χ2n) is 5.45. The molecule has 3 heteroatoms. The monoisotopic (exact) mass is 262 g/mol. The Bertz CT molecular complexity index is 424. The Morgan fingerprint density at radius 1 is 1.37 bits per heavy atom. The normalized spacial score (nSPS) is 24.2. The van der Waals surface area contributed by atoms with Gasteiger partial charge in [-0.05, 0) is 43.2 Å². The molecule has 0 aromatic heterocycles. The summed E-state index contributed by atoms with van der Waals surface area (Å²) in [4.78, 5) is 11.5. The molecule has 1 aliphatic rings. The molecule has 1 saturated carbocycles. The Labute approximate surface area is 114 Å². The Balaban J connectivity index is 2.00. The predicted octanol–water partition coefficient (Wildman–Crippen LogP) is 2.67. The van der Waals surface area contributed by atoms with Gasteiger partial charge in [0.25, 0.3) is 0 Å². The van der Waals surface area contributed by atoms with Gasteiger partial charge in [-0.1, -0.05) is 30.7 Å². The summed E-state index contributed by atoms with van der Waals surface area (Å²) in [6.07, 6.45) is 3.95. The first-order chi connectivity index (χ1) is 9.11. The number of aliphatic hydroxyl groups is 1. The highest BCUT2D eigenvalue weighted by Crippen LogP contribution is 2.29. The average Bonchev–Trinajstić information content (AvgIpc) is 2.83. The Hall–Kier alpha value is -1.35. The molecule has 0 amide bonds. The molecule has 0 saturated heterocycles. The molecule has 1 aromatic rings. The standard InChI is InChI=1S/C16H22O3/c1-11(16(18)19-2)13-8-6-12(7-9-13)10-14-4-3-5-15(14)17/h6-9,11,14-15,17H,3-5,10H2,1-2H3/t11?,14-,15+/m0/s1. The van der Waals surface area contributed by atoms with E-state index in [-0.39, 0.29) is 18.0 Å². The number of hydrogen-bond acceptors (Lipinski definition) is 3. The van der Waals surface area contributed by atoms with Crippen molar-refractivity contribution in [3.63, 3.8) is 0 Å². The molecular formula is C16H22O3. The van der Waals surface area contributed by atoms with E-state index < -0.39 is 0 Å². The molecular weight excluding hydrogens is 240 g/mol. The van der Waals surface area contributed by atoms with Gasteiger partial charge in [-0.2, -0.15) is 0 Å². The predicted molar refractivity (Wildman–Crippen MR) is 73.9 cm³/mol. The minimum atomic E-state index is -0.226. The van der Waals surface area contributed by atoms with E-state index >= 15 is 0 Å². The van der Waals surface area contributed by atoms with E-state index in [1.54, 1.807) is 0 Å². The maximum absolute atomic E-state index is 11.5. The molecule has 0 spiro atoms. The number of rotatable bonds is 4. The van der Waals surface area contributed by atoms with Crippen molar-refractivity contribution in [2.24, 2.45) is 5.92 Å². The molecule has 3 atom stereocenters. The lowest BCUT2D eigenvalue weighted by atomic mass is 9.94. The van der Waals surface area contributed by atoms with Gasteiger partial charge >= 0.3 is 5.97 Å². The van der Waals surface area contributed by atoms with Crippen LogP contribution in [-0.4, -0.2) is 24.3 Å². The van der Waals surface area contributed by atoms with Gasteiger partial charge in [-0.3, -0.25) is 4.79 Å². The fraction of sp³-hybridized carbons (Fsp3) is 0.562. The zero-order valence-corrected chi connectivity index (χ0v) is 11.6. The summed E-state index contributed by atoms with van der Waals surface area (Å²) in [6, 6.07) is 8.08. The summed E-state index contributed by atoms with van der Waals surface area (Å²) in [6.45, 7) is 1.85. The lowest BCUT2D eigenvalue weighted by Gasteiger charge is -2.15. The number of benzene rings is 1. The Kier molecular flexibility index (Phi) is 4.59. The maximum atomic E-state index is 11.5. The van der Waals surface area contributed by atoms with E-state index in [9.17, 15) is 9.90 Å². The van der Waals surface area contributed by atoms with Gasteiger partial charge in [0.1, 0.15) is 0 Å². The number of hydrogen-bond donors (Lipinski definition) is 1. The zero-order chi connectivity index (χ0) is 13.8. The molecule has 1 aromatic carbocycles. The van der Waals surface area contributed by atoms with Gasteiger partial charge in [0.15, 0.2) is 0 Å². The van der Waals surface area contributed by atoms with Crippen LogP contribution in [0.4, 0.5) is 0 Å². The summed E-state index contributed by atoms with van der Waals surface area (Å²) in [5.74, 6) is -0.0426. The van der Waals surface area contributed by atoms with Gasteiger partial charge in [-0.25, -0.2) is 0 Å². The first-order valence-electron chi connectivity index (χ1n) is 6.96. The van der Waals surface area contributed by atoms with Crippen LogP contribution in [0.5, 0.6) is 0 Å². The minimum Gasteiger partial charge on any atom is -0.469 e. The Morgan fingerprint density at radius 2 is 2.05 bits per heavy atom. The van der Waals surface area contributed by atoms with E-state index in [4.69, 9.17) is 4.74 Å². The van der Waals surface area contributed by atoms with Crippen LogP contribution >= 0.6 is 0 Å². The summed E-state index contributed by atoms with van der Waals surface area (Å²) < 4.78 is 4.75. The molecule has 0 aliphatic heterocycles. The third-order valence-corrected chi connectivity index (χ3v) is 4.15. The van der Waals surface area contributed by atoms with Crippen LogP contribution in [0.1, 0.15) is 43.2 Å². The van der Waals surface area contributed by atoms with Gasteiger partial charge in [-0.15, -0.1) is 0 Å². The van der Waals surface area contributed by atoms with Crippen LogP contribution in [-0.2, 0) is 16.0 Å². The molecule has 0 bridgehead atoms. The van der Waals surface area contributed by atoms with Crippen molar-refractivity contribution < 1.29 is 14.6 Å². The van der Waals surface area contributed by atoms with E-state index in [0.29, 0.717) is 5.92 Å². The number of carbonyl (C=O) groups is 1. The van der Waals surface area contributed by atoms with Crippen LogP contribution in [0.2, 0.25) is 0 Å². The second kappa shape index (κ2) is 6.20. The van der Waals surface area contributed by atoms with Crippen LogP contribution < -0.4 is 0 Å². The number of esters is 1. The number of carbonyl (C=O) groups excluding carboxylic acids is 1. The highest BCUT2D eigenvalue weighted by Gasteiger charge is 2.25. The third kappa shape index (κ3) is 3.35. The van der Waals surface area contributed by atoms with Crippen molar-refractivity contribution in [2.45, 2.75) is 44.6 Å². The molecule has 1 unspecified atom stereocenters. The van der Waals surface area contributed by atoms with Crippen molar-refractivity contribution in [1.82, 2.24) is 0 Å². The summed E-state index contributed by atoms with van der Waals surface area (Å²) in [7, 11) is 1.41. The van der Waals surface area contributed by atoms with Crippen molar-refractivity contribution >= 4 is 5.97 Å². The fourth-order valence-electron chi connectivity index (χ4n) is 2.81. The highest BCUT2D eigenvalue weighted by atomic mass is 16.5. The van der Waals surface area contributed by atoms with Gasteiger partial charge in [0.2, 0.25) is 0 Å². The van der Waals surface area contributed by atoms with Gasteiger partial charge in [0, 0.05) is 0 Å². The molecule has 1 fully saturated rings. The van der Waals surface area contributed by atoms with Crippen molar-refractivity contribution in [2.75, 3.05) is 7.11 Å². The van der Waals surface area contributed by atoms with E-state index in [1.165, 1.54) is 12.7 Å². The highest BCUT2D eigenvalue weighted by molar-refractivity contribution is 5.77. The summed E-state index contributed by atoms with van der Waals surface area (Å²) in [5, 5.41) is 9.84. The summed E-state index contributed by atoms with van der Waals surface area (Å²) in [5.41, 5.74) is 2.20. The molecule has 19 heavy (non-hydrogen) atoms. The van der Waals surface area contributed by atoms with Crippen LogP contribution in [0.15, 0.2) is 24.3 Å². The number of ether oxygens (including phenoxy) is 1. The second-order valence-corrected chi connectivity index (χ2v) is 5.45. The quantitative estimate of drug-likeness (QED) is 0.849. The first kappa shape index (κ1) is 14.1. The van der Waals surface area contributed by atoms with Gasteiger partial charge < -0.3 is 9.84 Å². The molecule has 0 heterocycles. The van der Waals surface area contributed by atoms with E-state index in [0.717, 1.165) is 31.2 Å². The minimum absolute atomic E-state index is 0.145. The van der Waals surface area contributed by atoms with Gasteiger partial charge in [0.05, 0.1) is 19.1 Å². The van der Waals surface area contributed by atoms with E-state index in [2.05, 4.69) is 12.1 Å². The Morgan fingerprint density at radius 3 is 2.58 bits per heavy atom. The van der Waals surface area contributed by atoms with Crippen molar-refractivity contribution in [3.8, 4) is 0 Å². The smallest absolute Gasteiger partial charge is 0.312 e. The molecule has 2 rings (SSSR count). The van der Waals surface area contributed by atoms with Crippen molar-refractivity contribution in [3.05, 3.63) is 35.4 Å². The molecule has 3 nitrogen and oxygen atoms in total. The van der Waals surface area contributed by atoms with Crippen molar-refractivity contribution in [1.29, 1.82) is 0 Å². The lowest BCUT2D eigenvalue weighted by molar-refractivity contribution is -0.141. The first-order valence-corrected chi connectivity index (χ1v) is 6.96. The number of methoxy groups -OCH3 is 1. The molecule has 0 radical (unpaired) electrons. The average molecular weight is 262 g/mol. The fourth-order valence-corrected chi connectivity index (χ4v) is 2.81. The molecule has 104 valence electrons.